The molecule has 4 heteroatoms. The highest BCUT2D eigenvalue weighted by Crippen LogP contribution is 2.25. The summed E-state index contributed by atoms with van der Waals surface area (Å²) in [5.74, 6) is 0. The van der Waals surface area contributed by atoms with Gasteiger partial charge in [0, 0.05) is 19.4 Å². The summed E-state index contributed by atoms with van der Waals surface area (Å²) in [6, 6.07) is 6.30. The van der Waals surface area contributed by atoms with Crippen LogP contribution in [0.2, 0.25) is 0 Å². The average Bonchev–Trinajstić information content (AvgIpc) is 2.82. The monoisotopic (exact) mass is 216 g/mol. The molecule has 0 saturated heterocycles. The first-order valence-corrected chi connectivity index (χ1v) is 5.27. The summed E-state index contributed by atoms with van der Waals surface area (Å²) in [6.07, 6.45) is 5.56. The summed E-state index contributed by atoms with van der Waals surface area (Å²) in [7, 11) is 1.87. The Bertz CT molecular complexity index is 462. The second-order valence-corrected chi connectivity index (χ2v) is 3.78. The number of nitrogens with one attached hydrogen (secondary N) is 1. The van der Waals surface area contributed by atoms with Crippen LogP contribution in [0.3, 0.4) is 0 Å². The van der Waals surface area contributed by atoms with Crippen LogP contribution in [0.15, 0.2) is 36.9 Å². The fraction of sp³-hybridized carbons (Fsp3) is 0.250. The van der Waals surface area contributed by atoms with Gasteiger partial charge < -0.3 is 15.6 Å². The van der Waals surface area contributed by atoms with Gasteiger partial charge in [0.05, 0.1) is 23.7 Å². The average molecular weight is 216 g/mol. The van der Waals surface area contributed by atoms with Crippen LogP contribution in [0, 0.1) is 0 Å². The molecule has 16 heavy (non-hydrogen) atoms. The minimum absolute atomic E-state index is 0.259. The first kappa shape index (κ1) is 10.5. The van der Waals surface area contributed by atoms with Gasteiger partial charge in [-0.3, -0.25) is 0 Å². The number of anilines is 2. The Labute approximate surface area is 95.1 Å². The highest BCUT2D eigenvalue weighted by Gasteiger charge is 2.08. The van der Waals surface area contributed by atoms with Crippen molar-refractivity contribution in [3.63, 3.8) is 0 Å². The Morgan fingerprint density at radius 1 is 1.44 bits per heavy atom. The Morgan fingerprint density at radius 2 is 2.25 bits per heavy atom. The summed E-state index contributed by atoms with van der Waals surface area (Å²) in [4.78, 5) is 4.05. The molecule has 0 spiro atoms. The molecule has 4 nitrogen and oxygen atoms in total. The van der Waals surface area contributed by atoms with Crippen LogP contribution in [0.1, 0.15) is 18.5 Å². The maximum Gasteiger partial charge on any atom is 0.0951 e. The molecule has 1 heterocycles. The van der Waals surface area contributed by atoms with E-state index in [1.807, 2.05) is 31.7 Å². The van der Waals surface area contributed by atoms with Crippen molar-refractivity contribution in [2.75, 3.05) is 18.1 Å². The summed E-state index contributed by atoms with van der Waals surface area (Å²) in [6.45, 7) is 2.13. The van der Waals surface area contributed by atoms with Crippen molar-refractivity contribution < 1.29 is 0 Å². The molecule has 1 unspecified atom stereocenters. The number of nitrogens with zero attached hydrogens (tertiary/aromatic N) is 2. The van der Waals surface area contributed by atoms with Crippen molar-refractivity contribution in [2.24, 2.45) is 0 Å². The van der Waals surface area contributed by atoms with E-state index in [9.17, 15) is 0 Å². The SMILES string of the molecule is CNc1cc(C(C)n2ccnc2)ccc1N. The van der Waals surface area contributed by atoms with Crippen LogP contribution in [0.4, 0.5) is 11.4 Å². The third kappa shape index (κ3) is 1.86. The van der Waals surface area contributed by atoms with Gasteiger partial charge in [-0.05, 0) is 24.6 Å². The van der Waals surface area contributed by atoms with Crippen molar-refractivity contribution >= 4 is 11.4 Å². The van der Waals surface area contributed by atoms with Gasteiger partial charge in [0.1, 0.15) is 0 Å². The molecular weight excluding hydrogens is 200 g/mol. The van der Waals surface area contributed by atoms with E-state index in [4.69, 9.17) is 5.73 Å². The predicted octanol–water partition coefficient (Wildman–Crippen LogP) is 2.12. The van der Waals surface area contributed by atoms with Gasteiger partial charge in [0.2, 0.25) is 0 Å². The van der Waals surface area contributed by atoms with Gasteiger partial charge in [-0.15, -0.1) is 0 Å². The number of hydrogen-bond donors (Lipinski definition) is 2. The van der Waals surface area contributed by atoms with E-state index < -0.39 is 0 Å². The lowest BCUT2D eigenvalue weighted by molar-refractivity contribution is 0.639. The fourth-order valence-electron chi connectivity index (χ4n) is 1.72. The number of nitrogens with two attached hydrogens (primary N) is 1. The first-order chi connectivity index (χ1) is 7.72. The molecule has 0 saturated carbocycles. The van der Waals surface area contributed by atoms with Crippen LogP contribution in [-0.2, 0) is 0 Å². The molecule has 0 amide bonds. The topological polar surface area (TPSA) is 55.9 Å². The third-order valence-corrected chi connectivity index (χ3v) is 2.80. The van der Waals surface area contributed by atoms with E-state index in [1.165, 1.54) is 5.56 Å². The summed E-state index contributed by atoms with van der Waals surface area (Å²) in [5, 5.41) is 3.09. The molecular formula is C12H16N4. The van der Waals surface area contributed by atoms with E-state index >= 15 is 0 Å². The molecule has 0 aliphatic heterocycles. The number of aromatic nitrogens is 2. The molecule has 0 radical (unpaired) electrons. The Kier molecular flexibility index (Phi) is 2.81. The zero-order chi connectivity index (χ0) is 11.5. The lowest BCUT2D eigenvalue weighted by atomic mass is 10.1. The summed E-state index contributed by atoms with van der Waals surface area (Å²) < 4.78 is 2.06. The van der Waals surface area contributed by atoms with Crippen molar-refractivity contribution in [3.8, 4) is 0 Å². The number of benzene rings is 1. The van der Waals surface area contributed by atoms with E-state index in [0.29, 0.717) is 0 Å². The Balaban J connectivity index is 2.34. The second-order valence-electron chi connectivity index (χ2n) is 3.78. The quantitative estimate of drug-likeness (QED) is 0.773. The molecule has 2 aromatic rings. The number of imidazole rings is 1. The molecule has 0 bridgehead atoms. The lowest BCUT2D eigenvalue weighted by Crippen LogP contribution is -2.05. The van der Waals surface area contributed by atoms with Gasteiger partial charge in [0.25, 0.3) is 0 Å². The van der Waals surface area contributed by atoms with Crippen LogP contribution in [0.5, 0.6) is 0 Å². The molecule has 1 aromatic heterocycles. The minimum atomic E-state index is 0.259. The van der Waals surface area contributed by atoms with Gasteiger partial charge in [-0.2, -0.15) is 0 Å². The largest absolute Gasteiger partial charge is 0.397 e. The van der Waals surface area contributed by atoms with Crippen LogP contribution in [-0.4, -0.2) is 16.6 Å². The number of rotatable bonds is 3. The van der Waals surface area contributed by atoms with Crippen LogP contribution >= 0.6 is 0 Å². The number of nitrogen functional groups attached to an aromatic ring is 1. The molecule has 2 rings (SSSR count). The van der Waals surface area contributed by atoms with Gasteiger partial charge in [0.15, 0.2) is 0 Å². The van der Waals surface area contributed by atoms with Crippen molar-refractivity contribution in [2.45, 2.75) is 13.0 Å². The molecule has 1 aromatic carbocycles. The normalized spacial score (nSPS) is 12.4. The first-order valence-electron chi connectivity index (χ1n) is 5.27. The van der Waals surface area contributed by atoms with Gasteiger partial charge in [-0.1, -0.05) is 6.07 Å². The zero-order valence-corrected chi connectivity index (χ0v) is 9.51. The standard InChI is InChI=1S/C12H16N4/c1-9(16-6-5-15-8-16)10-3-4-11(13)12(7-10)14-2/h3-9,14H,13H2,1-2H3. The molecule has 84 valence electrons. The Hall–Kier alpha value is -1.97. The van der Waals surface area contributed by atoms with Crippen molar-refractivity contribution in [1.29, 1.82) is 0 Å². The van der Waals surface area contributed by atoms with E-state index in [2.05, 4.69) is 27.9 Å². The fourth-order valence-corrected chi connectivity index (χ4v) is 1.72. The second kappa shape index (κ2) is 4.26. The maximum atomic E-state index is 5.84. The molecule has 3 N–H and O–H groups in total. The van der Waals surface area contributed by atoms with E-state index in [1.54, 1.807) is 6.20 Å². The van der Waals surface area contributed by atoms with Gasteiger partial charge >= 0.3 is 0 Å². The Morgan fingerprint density at radius 3 is 2.88 bits per heavy atom. The zero-order valence-electron chi connectivity index (χ0n) is 9.51. The predicted molar refractivity (Wildman–Crippen MR) is 66.4 cm³/mol. The molecule has 0 aliphatic carbocycles. The lowest BCUT2D eigenvalue weighted by Gasteiger charge is -2.15. The smallest absolute Gasteiger partial charge is 0.0951 e. The van der Waals surface area contributed by atoms with E-state index in [-0.39, 0.29) is 6.04 Å². The van der Waals surface area contributed by atoms with Crippen molar-refractivity contribution in [3.05, 3.63) is 42.5 Å². The molecule has 0 fully saturated rings. The highest BCUT2D eigenvalue weighted by molar-refractivity contribution is 5.66. The minimum Gasteiger partial charge on any atom is -0.397 e. The van der Waals surface area contributed by atoms with Gasteiger partial charge in [-0.25, -0.2) is 4.98 Å². The van der Waals surface area contributed by atoms with Crippen LogP contribution in [0.25, 0.3) is 0 Å². The summed E-state index contributed by atoms with van der Waals surface area (Å²) >= 11 is 0. The highest BCUT2D eigenvalue weighted by atomic mass is 15.0. The number of hydrogen-bond acceptors (Lipinski definition) is 3. The van der Waals surface area contributed by atoms with E-state index in [0.717, 1.165) is 11.4 Å². The van der Waals surface area contributed by atoms with Crippen molar-refractivity contribution in [1.82, 2.24) is 9.55 Å². The van der Waals surface area contributed by atoms with Crippen LogP contribution < -0.4 is 11.1 Å². The summed E-state index contributed by atoms with van der Waals surface area (Å²) in [5.41, 5.74) is 8.77. The molecule has 1 atom stereocenters. The third-order valence-electron chi connectivity index (χ3n) is 2.80. The molecule has 0 aliphatic rings. The maximum absolute atomic E-state index is 5.84.